The highest BCUT2D eigenvalue weighted by atomic mass is 35.5. The van der Waals surface area contributed by atoms with Crippen molar-refractivity contribution in [2.75, 3.05) is 13.2 Å². The molecule has 2 aromatic rings. The number of ether oxygens (including phenoxy) is 3. The number of halogens is 1. The maximum absolute atomic E-state index is 12.3. The molecule has 0 radical (unpaired) electrons. The van der Waals surface area contributed by atoms with Crippen LogP contribution >= 0.6 is 11.6 Å². The molecule has 0 aromatic heterocycles. The third kappa shape index (κ3) is 6.21. The Kier molecular flexibility index (Phi) is 7.49. The maximum Gasteiger partial charge on any atom is 0.338 e. The first-order chi connectivity index (χ1) is 14.0. The number of amides is 1. The Morgan fingerprint density at radius 3 is 2.66 bits per heavy atom. The zero-order valence-electron chi connectivity index (χ0n) is 16.2. The number of hydrogen-bond acceptors (Lipinski definition) is 5. The molecule has 29 heavy (non-hydrogen) atoms. The first-order valence-corrected chi connectivity index (χ1v) is 9.97. The van der Waals surface area contributed by atoms with Crippen molar-refractivity contribution in [3.8, 4) is 5.75 Å². The highest BCUT2D eigenvalue weighted by Crippen LogP contribution is 2.18. The smallest absolute Gasteiger partial charge is 0.338 e. The minimum Gasteiger partial charge on any atom is -0.491 e. The molecule has 6 nitrogen and oxygen atoms in total. The van der Waals surface area contributed by atoms with Crippen molar-refractivity contribution >= 4 is 23.5 Å². The molecule has 1 aliphatic rings. The zero-order valence-corrected chi connectivity index (χ0v) is 17.0. The Morgan fingerprint density at radius 1 is 1.21 bits per heavy atom. The van der Waals surface area contributed by atoms with Crippen LogP contribution in [-0.2, 0) is 20.8 Å². The maximum atomic E-state index is 12.3. The number of nitrogens with one attached hydrogen (secondary N) is 1. The van der Waals surface area contributed by atoms with Gasteiger partial charge in [-0.25, -0.2) is 4.79 Å². The van der Waals surface area contributed by atoms with Gasteiger partial charge in [0.05, 0.1) is 11.7 Å². The summed E-state index contributed by atoms with van der Waals surface area (Å²) >= 11 is 6.07. The van der Waals surface area contributed by atoms with E-state index in [0.717, 1.165) is 25.0 Å². The number of rotatable bonds is 8. The second-order valence-electron chi connectivity index (χ2n) is 6.83. The molecule has 0 unspecified atom stereocenters. The highest BCUT2D eigenvalue weighted by Gasteiger charge is 2.19. The van der Waals surface area contributed by atoms with E-state index < -0.39 is 18.0 Å². The van der Waals surface area contributed by atoms with Gasteiger partial charge < -0.3 is 19.5 Å². The normalized spacial score (nSPS) is 16.8. The summed E-state index contributed by atoms with van der Waals surface area (Å²) in [6.07, 6.45) is 1.26. The summed E-state index contributed by atoms with van der Waals surface area (Å²) in [5.74, 6) is -0.312. The van der Waals surface area contributed by atoms with E-state index in [9.17, 15) is 9.59 Å². The molecule has 0 aliphatic carbocycles. The molecule has 154 valence electrons. The summed E-state index contributed by atoms with van der Waals surface area (Å²) < 4.78 is 16.4. The van der Waals surface area contributed by atoms with Gasteiger partial charge in [-0.2, -0.15) is 0 Å². The molecule has 0 bridgehead atoms. The molecule has 7 heteroatoms. The number of carbonyl (C=O) groups is 2. The van der Waals surface area contributed by atoms with Crippen molar-refractivity contribution in [1.82, 2.24) is 5.32 Å². The Bertz CT molecular complexity index is 833. The van der Waals surface area contributed by atoms with Crippen LogP contribution in [0.15, 0.2) is 48.5 Å². The second kappa shape index (κ2) is 10.3. The van der Waals surface area contributed by atoms with Crippen LogP contribution in [0.3, 0.4) is 0 Å². The van der Waals surface area contributed by atoms with Gasteiger partial charge in [0.25, 0.3) is 5.91 Å². The van der Waals surface area contributed by atoms with Gasteiger partial charge in [0, 0.05) is 18.2 Å². The molecule has 1 heterocycles. The van der Waals surface area contributed by atoms with E-state index in [2.05, 4.69) is 5.32 Å². The minimum absolute atomic E-state index is 0.129. The fourth-order valence-electron chi connectivity index (χ4n) is 2.90. The summed E-state index contributed by atoms with van der Waals surface area (Å²) in [6.45, 7) is 3.06. The number of benzene rings is 2. The van der Waals surface area contributed by atoms with Crippen molar-refractivity contribution in [3.05, 3.63) is 64.7 Å². The lowest BCUT2D eigenvalue weighted by Crippen LogP contribution is -2.35. The van der Waals surface area contributed by atoms with Gasteiger partial charge in [0.1, 0.15) is 12.4 Å². The van der Waals surface area contributed by atoms with E-state index in [1.807, 2.05) is 18.2 Å². The Balaban J connectivity index is 1.45. The van der Waals surface area contributed by atoms with Crippen LogP contribution in [0.5, 0.6) is 5.75 Å². The minimum atomic E-state index is -0.930. The standard InChI is InChI=1S/C22H24ClNO5/c1-15(21(25)24-13-17-5-2-3-7-20(17)23)29-22(26)16-8-10-18(11-9-16)28-14-19-6-4-12-27-19/h2-3,5,7-11,15,19H,4,6,12-14H2,1H3,(H,24,25)/t15-,19-/m1/s1. The van der Waals surface area contributed by atoms with E-state index in [1.54, 1.807) is 30.3 Å². The molecule has 1 fully saturated rings. The first kappa shape index (κ1) is 21.1. The second-order valence-corrected chi connectivity index (χ2v) is 7.23. The fraction of sp³-hybridized carbons (Fsp3) is 0.364. The molecule has 1 N–H and O–H groups in total. The molecule has 1 saturated heterocycles. The highest BCUT2D eigenvalue weighted by molar-refractivity contribution is 6.31. The first-order valence-electron chi connectivity index (χ1n) is 9.59. The van der Waals surface area contributed by atoms with Crippen LogP contribution in [0.1, 0.15) is 35.7 Å². The lowest BCUT2D eigenvalue weighted by molar-refractivity contribution is -0.129. The SMILES string of the molecule is C[C@@H](OC(=O)c1ccc(OC[C@H]2CCCO2)cc1)C(=O)NCc1ccccc1Cl. The van der Waals surface area contributed by atoms with Gasteiger partial charge >= 0.3 is 5.97 Å². The van der Waals surface area contributed by atoms with E-state index >= 15 is 0 Å². The lowest BCUT2D eigenvalue weighted by atomic mass is 10.2. The molecule has 1 aliphatic heterocycles. The van der Waals surface area contributed by atoms with Gasteiger partial charge in [0.15, 0.2) is 6.10 Å². The molecule has 3 rings (SSSR count). The van der Waals surface area contributed by atoms with Gasteiger partial charge in [-0.3, -0.25) is 4.79 Å². The lowest BCUT2D eigenvalue weighted by Gasteiger charge is -2.14. The van der Waals surface area contributed by atoms with Gasteiger partial charge in [-0.05, 0) is 55.7 Å². The monoisotopic (exact) mass is 417 g/mol. The largest absolute Gasteiger partial charge is 0.491 e. The predicted octanol–water partition coefficient (Wildman–Crippen LogP) is 3.76. The summed E-state index contributed by atoms with van der Waals surface area (Å²) in [7, 11) is 0. The van der Waals surface area contributed by atoms with Crippen molar-refractivity contribution in [1.29, 1.82) is 0 Å². The molecule has 1 amide bonds. The van der Waals surface area contributed by atoms with Crippen LogP contribution in [-0.4, -0.2) is 37.3 Å². The molecular weight excluding hydrogens is 394 g/mol. The summed E-state index contributed by atoms with van der Waals surface area (Å²) in [4.78, 5) is 24.5. The van der Waals surface area contributed by atoms with Crippen LogP contribution in [0.2, 0.25) is 5.02 Å². The van der Waals surface area contributed by atoms with Crippen LogP contribution < -0.4 is 10.1 Å². The third-order valence-corrected chi connectivity index (χ3v) is 4.98. The van der Waals surface area contributed by atoms with Crippen LogP contribution in [0, 0.1) is 0 Å². The molecule has 0 saturated carbocycles. The number of hydrogen-bond donors (Lipinski definition) is 1. The molecule has 2 aromatic carbocycles. The quantitative estimate of drug-likeness (QED) is 0.662. The number of carbonyl (C=O) groups excluding carboxylic acids is 2. The zero-order chi connectivity index (χ0) is 20.6. The predicted molar refractivity (Wildman–Crippen MR) is 109 cm³/mol. The Morgan fingerprint density at radius 2 is 1.97 bits per heavy atom. The van der Waals surface area contributed by atoms with Crippen molar-refractivity contribution in [2.45, 2.75) is 38.5 Å². The Labute approximate surface area is 175 Å². The fourth-order valence-corrected chi connectivity index (χ4v) is 3.10. The van der Waals surface area contributed by atoms with E-state index in [-0.39, 0.29) is 12.6 Å². The van der Waals surface area contributed by atoms with Gasteiger partial charge in [-0.1, -0.05) is 29.8 Å². The summed E-state index contributed by atoms with van der Waals surface area (Å²) in [5.41, 5.74) is 1.14. The third-order valence-electron chi connectivity index (χ3n) is 4.61. The van der Waals surface area contributed by atoms with Gasteiger partial charge in [-0.15, -0.1) is 0 Å². The molecule has 2 atom stereocenters. The Hall–Kier alpha value is -2.57. The van der Waals surface area contributed by atoms with Gasteiger partial charge in [0.2, 0.25) is 0 Å². The van der Waals surface area contributed by atoms with Crippen molar-refractivity contribution in [2.24, 2.45) is 0 Å². The topological polar surface area (TPSA) is 73.9 Å². The van der Waals surface area contributed by atoms with E-state index in [1.165, 1.54) is 6.92 Å². The van der Waals surface area contributed by atoms with Crippen molar-refractivity contribution in [3.63, 3.8) is 0 Å². The van der Waals surface area contributed by atoms with Crippen LogP contribution in [0.25, 0.3) is 0 Å². The molecular formula is C22H24ClNO5. The van der Waals surface area contributed by atoms with E-state index in [0.29, 0.717) is 22.9 Å². The average Bonchev–Trinajstić information content (AvgIpc) is 3.25. The van der Waals surface area contributed by atoms with Crippen molar-refractivity contribution < 1.29 is 23.8 Å². The summed E-state index contributed by atoms with van der Waals surface area (Å²) in [5, 5.41) is 3.29. The molecule has 0 spiro atoms. The summed E-state index contributed by atoms with van der Waals surface area (Å²) in [6, 6.07) is 13.9. The van der Waals surface area contributed by atoms with E-state index in [4.69, 9.17) is 25.8 Å². The van der Waals surface area contributed by atoms with Crippen LogP contribution in [0.4, 0.5) is 0 Å². The average molecular weight is 418 g/mol. The number of esters is 1.